The Kier molecular flexibility index (Phi) is 8.56. The van der Waals surface area contributed by atoms with Gasteiger partial charge in [-0.1, -0.05) is 49.4 Å². The molecule has 192 valence electrons. The number of piperazine rings is 1. The molecular weight excluding hydrogens is 476 g/mol. The van der Waals surface area contributed by atoms with E-state index >= 15 is 0 Å². The molecule has 0 radical (unpaired) electrons. The molecule has 0 amide bonds. The molecule has 0 saturated carbocycles. The molecule has 4 rings (SSSR count). The number of ether oxygens (including phenoxy) is 2. The van der Waals surface area contributed by atoms with Crippen LogP contribution in [0.1, 0.15) is 30.2 Å². The lowest BCUT2D eigenvalue weighted by Crippen LogP contribution is -2.49. The Morgan fingerprint density at radius 1 is 0.944 bits per heavy atom. The zero-order chi connectivity index (χ0) is 25.5. The van der Waals surface area contributed by atoms with Gasteiger partial charge in [-0.3, -0.25) is 0 Å². The van der Waals surface area contributed by atoms with Crippen LogP contribution in [0.4, 0.5) is 5.82 Å². The molecule has 0 N–H and O–H groups in total. The summed E-state index contributed by atoms with van der Waals surface area (Å²) in [5.41, 5.74) is 3.81. The van der Waals surface area contributed by atoms with Gasteiger partial charge in [-0.05, 0) is 24.1 Å². The second-order valence-electron chi connectivity index (χ2n) is 8.83. The van der Waals surface area contributed by atoms with Crippen molar-refractivity contribution in [3.63, 3.8) is 0 Å². The molecule has 2 heterocycles. The number of hydrogen-bond acceptors (Lipinski definition) is 7. The summed E-state index contributed by atoms with van der Waals surface area (Å²) < 4.78 is 37.8. The van der Waals surface area contributed by atoms with Crippen molar-refractivity contribution >= 4 is 15.8 Å². The standard InChI is InChI=1S/C27H34N4O4S/c1-4-17-36(32,33)31-15-13-30(14-16-31)27-24(19-21-9-8-12-23(18-21)35-3)25(20-34-2)28-26(29-27)22-10-6-5-7-11-22/h5-12,18H,4,13-17,19-20H2,1-3H3. The maximum atomic E-state index is 12.6. The third-order valence-electron chi connectivity index (χ3n) is 6.29. The van der Waals surface area contributed by atoms with E-state index in [1.807, 2.05) is 55.5 Å². The molecular formula is C27H34N4O4S. The minimum atomic E-state index is -3.23. The van der Waals surface area contributed by atoms with Crippen LogP contribution in [-0.2, 0) is 27.8 Å². The number of methoxy groups -OCH3 is 2. The van der Waals surface area contributed by atoms with Crippen molar-refractivity contribution in [2.75, 3.05) is 51.1 Å². The highest BCUT2D eigenvalue weighted by atomic mass is 32.2. The minimum Gasteiger partial charge on any atom is -0.497 e. The van der Waals surface area contributed by atoms with Gasteiger partial charge in [0.15, 0.2) is 5.82 Å². The maximum absolute atomic E-state index is 12.6. The normalized spacial score (nSPS) is 14.7. The summed E-state index contributed by atoms with van der Waals surface area (Å²) in [7, 11) is 0.0875. The van der Waals surface area contributed by atoms with Gasteiger partial charge in [-0.15, -0.1) is 0 Å². The van der Waals surface area contributed by atoms with Crippen molar-refractivity contribution in [3.8, 4) is 17.1 Å². The highest BCUT2D eigenvalue weighted by Crippen LogP contribution is 2.30. The van der Waals surface area contributed by atoms with E-state index in [1.165, 1.54) is 0 Å². The Morgan fingerprint density at radius 2 is 1.69 bits per heavy atom. The molecule has 0 spiro atoms. The molecule has 1 fully saturated rings. The molecule has 1 aromatic heterocycles. The van der Waals surface area contributed by atoms with Gasteiger partial charge in [-0.2, -0.15) is 4.31 Å². The first kappa shape index (κ1) is 26.1. The van der Waals surface area contributed by atoms with Gasteiger partial charge < -0.3 is 14.4 Å². The van der Waals surface area contributed by atoms with Gasteiger partial charge in [0.25, 0.3) is 0 Å². The minimum absolute atomic E-state index is 0.178. The smallest absolute Gasteiger partial charge is 0.214 e. The molecule has 2 aromatic carbocycles. The lowest BCUT2D eigenvalue weighted by atomic mass is 10.0. The summed E-state index contributed by atoms with van der Waals surface area (Å²) >= 11 is 0. The highest BCUT2D eigenvalue weighted by Gasteiger charge is 2.29. The fourth-order valence-electron chi connectivity index (χ4n) is 4.48. The average molecular weight is 511 g/mol. The summed E-state index contributed by atoms with van der Waals surface area (Å²) in [6.07, 6.45) is 1.22. The van der Waals surface area contributed by atoms with Crippen molar-refractivity contribution < 1.29 is 17.9 Å². The fraction of sp³-hybridized carbons (Fsp3) is 0.407. The number of anilines is 1. The number of hydrogen-bond donors (Lipinski definition) is 0. The van der Waals surface area contributed by atoms with Crippen LogP contribution < -0.4 is 9.64 Å². The summed E-state index contributed by atoms with van der Waals surface area (Å²) in [6, 6.07) is 17.9. The van der Waals surface area contributed by atoms with Gasteiger partial charge in [0, 0.05) is 50.8 Å². The second-order valence-corrected chi connectivity index (χ2v) is 10.9. The third kappa shape index (κ3) is 6.03. The van der Waals surface area contributed by atoms with Crippen LogP contribution in [0.25, 0.3) is 11.4 Å². The summed E-state index contributed by atoms with van der Waals surface area (Å²) in [4.78, 5) is 12.1. The molecule has 3 aromatic rings. The van der Waals surface area contributed by atoms with Gasteiger partial charge in [-0.25, -0.2) is 18.4 Å². The van der Waals surface area contributed by atoms with E-state index in [1.54, 1.807) is 18.5 Å². The van der Waals surface area contributed by atoms with E-state index in [2.05, 4.69) is 11.0 Å². The van der Waals surface area contributed by atoms with E-state index in [0.29, 0.717) is 51.5 Å². The molecule has 1 aliphatic heterocycles. The molecule has 0 unspecified atom stereocenters. The number of aromatic nitrogens is 2. The van der Waals surface area contributed by atoms with E-state index < -0.39 is 10.0 Å². The van der Waals surface area contributed by atoms with Crippen LogP contribution in [0.15, 0.2) is 54.6 Å². The first-order valence-electron chi connectivity index (χ1n) is 12.2. The lowest BCUT2D eigenvalue weighted by Gasteiger charge is -2.36. The topological polar surface area (TPSA) is 84.9 Å². The van der Waals surface area contributed by atoms with Crippen LogP contribution in [0, 0.1) is 0 Å². The molecule has 1 aliphatic rings. The Morgan fingerprint density at radius 3 is 2.36 bits per heavy atom. The van der Waals surface area contributed by atoms with Gasteiger partial charge in [0.05, 0.1) is 25.2 Å². The monoisotopic (exact) mass is 510 g/mol. The third-order valence-corrected chi connectivity index (χ3v) is 8.37. The molecule has 0 bridgehead atoms. The van der Waals surface area contributed by atoms with Crippen molar-refractivity contribution in [2.24, 2.45) is 0 Å². The zero-order valence-electron chi connectivity index (χ0n) is 21.2. The van der Waals surface area contributed by atoms with Gasteiger partial charge >= 0.3 is 0 Å². The molecule has 8 nitrogen and oxygen atoms in total. The molecule has 36 heavy (non-hydrogen) atoms. The number of rotatable bonds is 10. The van der Waals surface area contributed by atoms with Crippen LogP contribution in [0.3, 0.4) is 0 Å². The first-order chi connectivity index (χ1) is 17.4. The fourth-order valence-corrected chi connectivity index (χ4v) is 5.98. The molecule has 9 heteroatoms. The Hall–Kier alpha value is -3.01. The predicted molar refractivity (Wildman–Crippen MR) is 142 cm³/mol. The highest BCUT2D eigenvalue weighted by molar-refractivity contribution is 7.89. The van der Waals surface area contributed by atoms with Crippen LogP contribution in [-0.4, -0.2) is 68.8 Å². The second kappa shape index (κ2) is 11.8. The van der Waals surface area contributed by atoms with Crippen LogP contribution in [0.2, 0.25) is 0 Å². The molecule has 1 saturated heterocycles. The van der Waals surface area contributed by atoms with Crippen molar-refractivity contribution in [1.82, 2.24) is 14.3 Å². The largest absolute Gasteiger partial charge is 0.497 e. The Balaban J connectivity index is 1.75. The van der Waals surface area contributed by atoms with Crippen molar-refractivity contribution in [1.29, 1.82) is 0 Å². The number of nitrogens with zero attached hydrogens (tertiary/aromatic N) is 4. The van der Waals surface area contributed by atoms with Crippen molar-refractivity contribution in [3.05, 3.63) is 71.4 Å². The molecule has 0 atom stereocenters. The maximum Gasteiger partial charge on any atom is 0.214 e. The van der Waals surface area contributed by atoms with Crippen molar-refractivity contribution in [2.45, 2.75) is 26.4 Å². The van der Waals surface area contributed by atoms with E-state index in [-0.39, 0.29) is 5.75 Å². The average Bonchev–Trinajstić information content (AvgIpc) is 2.90. The number of sulfonamides is 1. The summed E-state index contributed by atoms with van der Waals surface area (Å²) in [5.74, 6) is 2.43. The first-order valence-corrected chi connectivity index (χ1v) is 13.9. The van der Waals surface area contributed by atoms with Gasteiger partial charge in [0.2, 0.25) is 10.0 Å². The van der Waals surface area contributed by atoms with E-state index in [9.17, 15) is 8.42 Å². The van der Waals surface area contributed by atoms with Crippen LogP contribution >= 0.6 is 0 Å². The zero-order valence-corrected chi connectivity index (χ0v) is 22.0. The Labute approximate surface area is 214 Å². The van der Waals surface area contributed by atoms with Gasteiger partial charge in [0.1, 0.15) is 11.6 Å². The summed E-state index contributed by atoms with van der Waals surface area (Å²) in [5, 5.41) is 0. The quantitative estimate of drug-likeness (QED) is 0.411. The lowest BCUT2D eigenvalue weighted by molar-refractivity contribution is 0.180. The number of benzene rings is 2. The predicted octanol–water partition coefficient (Wildman–Crippen LogP) is 3.75. The Bertz CT molecular complexity index is 1260. The SMILES string of the molecule is CCCS(=O)(=O)N1CCN(c2nc(-c3ccccc3)nc(COC)c2Cc2cccc(OC)c2)CC1. The van der Waals surface area contributed by atoms with E-state index in [4.69, 9.17) is 19.4 Å². The summed E-state index contributed by atoms with van der Waals surface area (Å²) in [6.45, 7) is 4.23. The van der Waals surface area contributed by atoms with E-state index in [0.717, 1.165) is 34.0 Å². The van der Waals surface area contributed by atoms with Crippen LogP contribution in [0.5, 0.6) is 5.75 Å². The molecule has 0 aliphatic carbocycles.